The van der Waals surface area contributed by atoms with Gasteiger partial charge in [-0.05, 0) is 30.0 Å². The molecule has 0 heterocycles. The van der Waals surface area contributed by atoms with E-state index in [2.05, 4.69) is 0 Å². The van der Waals surface area contributed by atoms with Crippen molar-refractivity contribution in [3.05, 3.63) is 17.7 Å². The van der Waals surface area contributed by atoms with Crippen molar-refractivity contribution >= 4 is 0 Å². The zero-order valence-corrected chi connectivity index (χ0v) is 11.2. The van der Waals surface area contributed by atoms with Crippen molar-refractivity contribution in [1.29, 1.82) is 0 Å². The van der Waals surface area contributed by atoms with E-state index in [1.54, 1.807) is 21.3 Å². The SMILES string of the molecule is COc1cc([C@@H](N)CC2CC2)cc(OC)c1OC. The highest BCUT2D eigenvalue weighted by molar-refractivity contribution is 5.54. The number of hydrogen-bond donors (Lipinski definition) is 1. The molecule has 1 aliphatic carbocycles. The number of rotatable bonds is 6. The summed E-state index contributed by atoms with van der Waals surface area (Å²) >= 11 is 0. The summed E-state index contributed by atoms with van der Waals surface area (Å²) in [6, 6.07) is 3.91. The van der Waals surface area contributed by atoms with Gasteiger partial charge in [0.25, 0.3) is 0 Å². The number of hydrogen-bond acceptors (Lipinski definition) is 4. The molecular formula is C14H21NO3. The van der Waals surface area contributed by atoms with Gasteiger partial charge in [-0.2, -0.15) is 0 Å². The summed E-state index contributed by atoms with van der Waals surface area (Å²) in [6.07, 6.45) is 3.63. The smallest absolute Gasteiger partial charge is 0.203 e. The van der Waals surface area contributed by atoms with E-state index in [4.69, 9.17) is 19.9 Å². The highest BCUT2D eigenvalue weighted by Crippen LogP contribution is 2.42. The minimum atomic E-state index is 0.0335. The van der Waals surface area contributed by atoms with E-state index < -0.39 is 0 Å². The molecule has 0 saturated heterocycles. The van der Waals surface area contributed by atoms with Crippen molar-refractivity contribution < 1.29 is 14.2 Å². The van der Waals surface area contributed by atoms with Crippen LogP contribution in [0.15, 0.2) is 12.1 Å². The van der Waals surface area contributed by atoms with Gasteiger partial charge in [0.15, 0.2) is 11.5 Å². The molecule has 4 nitrogen and oxygen atoms in total. The van der Waals surface area contributed by atoms with E-state index in [-0.39, 0.29) is 6.04 Å². The van der Waals surface area contributed by atoms with Gasteiger partial charge in [-0.25, -0.2) is 0 Å². The topological polar surface area (TPSA) is 53.7 Å². The minimum absolute atomic E-state index is 0.0335. The quantitative estimate of drug-likeness (QED) is 0.844. The Balaban J connectivity index is 2.29. The molecule has 1 fully saturated rings. The molecule has 2 N–H and O–H groups in total. The first-order valence-electron chi connectivity index (χ1n) is 6.25. The maximum absolute atomic E-state index is 6.22. The third kappa shape index (κ3) is 2.70. The van der Waals surface area contributed by atoms with Crippen molar-refractivity contribution in [2.45, 2.75) is 25.3 Å². The van der Waals surface area contributed by atoms with Crippen LogP contribution in [0, 0.1) is 5.92 Å². The Hall–Kier alpha value is -1.42. The predicted molar refractivity (Wildman–Crippen MR) is 70.4 cm³/mol. The molecular weight excluding hydrogens is 230 g/mol. The third-order valence-corrected chi connectivity index (χ3v) is 3.40. The van der Waals surface area contributed by atoms with Gasteiger partial charge in [-0.1, -0.05) is 12.8 Å². The van der Waals surface area contributed by atoms with Gasteiger partial charge in [-0.15, -0.1) is 0 Å². The zero-order valence-electron chi connectivity index (χ0n) is 11.2. The first-order chi connectivity index (χ1) is 8.69. The van der Waals surface area contributed by atoms with Crippen LogP contribution in [0.25, 0.3) is 0 Å². The molecule has 1 saturated carbocycles. The molecule has 4 heteroatoms. The van der Waals surface area contributed by atoms with Crippen LogP contribution in [-0.2, 0) is 0 Å². The Bertz CT molecular complexity index is 390. The lowest BCUT2D eigenvalue weighted by Crippen LogP contribution is -2.11. The van der Waals surface area contributed by atoms with Gasteiger partial charge >= 0.3 is 0 Å². The van der Waals surface area contributed by atoms with Crippen LogP contribution in [0.5, 0.6) is 17.2 Å². The normalized spacial score (nSPS) is 16.2. The molecule has 1 atom stereocenters. The number of ether oxygens (including phenoxy) is 3. The van der Waals surface area contributed by atoms with E-state index in [9.17, 15) is 0 Å². The zero-order chi connectivity index (χ0) is 13.1. The van der Waals surface area contributed by atoms with Crippen LogP contribution in [0.2, 0.25) is 0 Å². The average molecular weight is 251 g/mol. The van der Waals surface area contributed by atoms with Crippen molar-refractivity contribution in [1.82, 2.24) is 0 Å². The summed E-state index contributed by atoms with van der Waals surface area (Å²) in [7, 11) is 4.84. The fourth-order valence-corrected chi connectivity index (χ4v) is 2.16. The Kier molecular flexibility index (Phi) is 3.97. The second-order valence-corrected chi connectivity index (χ2v) is 4.74. The lowest BCUT2D eigenvalue weighted by molar-refractivity contribution is 0.323. The van der Waals surface area contributed by atoms with Crippen molar-refractivity contribution in [2.24, 2.45) is 11.7 Å². The van der Waals surface area contributed by atoms with E-state index >= 15 is 0 Å². The predicted octanol–water partition coefficient (Wildman–Crippen LogP) is 2.51. The van der Waals surface area contributed by atoms with Gasteiger partial charge < -0.3 is 19.9 Å². The standard InChI is InChI=1S/C14H21NO3/c1-16-12-7-10(11(15)6-9-4-5-9)8-13(17-2)14(12)18-3/h7-9,11H,4-6,15H2,1-3H3/t11-/m0/s1. The molecule has 1 aromatic rings. The Labute approximate surface area is 108 Å². The Morgan fingerprint density at radius 3 is 2.06 bits per heavy atom. The summed E-state index contributed by atoms with van der Waals surface area (Å²) in [4.78, 5) is 0. The highest BCUT2D eigenvalue weighted by Gasteiger charge is 2.25. The fourth-order valence-electron chi connectivity index (χ4n) is 2.16. The van der Waals surface area contributed by atoms with Crippen molar-refractivity contribution in [2.75, 3.05) is 21.3 Å². The van der Waals surface area contributed by atoms with Crippen molar-refractivity contribution in [3.8, 4) is 17.2 Å². The molecule has 18 heavy (non-hydrogen) atoms. The molecule has 1 aromatic carbocycles. The molecule has 0 amide bonds. The van der Waals surface area contributed by atoms with E-state index in [1.807, 2.05) is 12.1 Å². The molecule has 0 bridgehead atoms. The third-order valence-electron chi connectivity index (χ3n) is 3.40. The summed E-state index contributed by atoms with van der Waals surface area (Å²) in [5, 5.41) is 0. The van der Waals surface area contributed by atoms with Crippen LogP contribution in [-0.4, -0.2) is 21.3 Å². The van der Waals surface area contributed by atoms with Gasteiger partial charge in [0.2, 0.25) is 5.75 Å². The van der Waals surface area contributed by atoms with Gasteiger partial charge in [0.1, 0.15) is 0 Å². The maximum Gasteiger partial charge on any atom is 0.203 e. The van der Waals surface area contributed by atoms with Crippen LogP contribution in [0.3, 0.4) is 0 Å². The van der Waals surface area contributed by atoms with E-state index in [0.29, 0.717) is 17.2 Å². The molecule has 0 unspecified atom stereocenters. The monoisotopic (exact) mass is 251 g/mol. The number of nitrogens with two attached hydrogens (primary N) is 1. The highest BCUT2D eigenvalue weighted by atomic mass is 16.5. The lowest BCUT2D eigenvalue weighted by Gasteiger charge is -2.17. The number of benzene rings is 1. The molecule has 2 rings (SSSR count). The Morgan fingerprint density at radius 2 is 1.67 bits per heavy atom. The minimum Gasteiger partial charge on any atom is -0.493 e. The number of methoxy groups -OCH3 is 3. The van der Waals surface area contributed by atoms with E-state index in [1.165, 1.54) is 12.8 Å². The molecule has 0 aromatic heterocycles. The van der Waals surface area contributed by atoms with Gasteiger partial charge in [0.05, 0.1) is 21.3 Å². The van der Waals surface area contributed by atoms with Gasteiger partial charge in [-0.3, -0.25) is 0 Å². The maximum atomic E-state index is 6.22. The average Bonchev–Trinajstić information content (AvgIpc) is 3.20. The summed E-state index contributed by atoms with van der Waals surface area (Å²) < 4.78 is 16.0. The van der Waals surface area contributed by atoms with Crippen LogP contribution >= 0.6 is 0 Å². The van der Waals surface area contributed by atoms with Crippen molar-refractivity contribution in [3.63, 3.8) is 0 Å². The van der Waals surface area contributed by atoms with Crippen LogP contribution in [0.4, 0.5) is 0 Å². The van der Waals surface area contributed by atoms with Gasteiger partial charge in [0, 0.05) is 6.04 Å². The summed E-state index contributed by atoms with van der Waals surface area (Å²) in [5.41, 5.74) is 7.26. The summed E-state index contributed by atoms with van der Waals surface area (Å²) in [5.74, 6) is 2.73. The fraction of sp³-hybridized carbons (Fsp3) is 0.571. The van der Waals surface area contributed by atoms with Crippen LogP contribution < -0.4 is 19.9 Å². The largest absolute Gasteiger partial charge is 0.493 e. The molecule has 0 aliphatic heterocycles. The lowest BCUT2D eigenvalue weighted by atomic mass is 10.0. The Morgan fingerprint density at radius 1 is 1.11 bits per heavy atom. The first-order valence-corrected chi connectivity index (χ1v) is 6.25. The second-order valence-electron chi connectivity index (χ2n) is 4.74. The molecule has 100 valence electrons. The first kappa shape index (κ1) is 13.0. The summed E-state index contributed by atoms with van der Waals surface area (Å²) in [6.45, 7) is 0. The second kappa shape index (κ2) is 5.48. The molecule has 0 spiro atoms. The molecule has 1 aliphatic rings. The van der Waals surface area contributed by atoms with Crippen LogP contribution in [0.1, 0.15) is 30.9 Å². The van der Waals surface area contributed by atoms with E-state index in [0.717, 1.165) is 17.9 Å². The molecule has 0 radical (unpaired) electrons.